The number of hydrogen-bond acceptors (Lipinski definition) is 3. The number of likely N-dealkylation sites (tertiary alicyclic amines) is 1. The molecule has 21 heavy (non-hydrogen) atoms. The van der Waals surface area contributed by atoms with Gasteiger partial charge in [-0.25, -0.2) is 4.79 Å². The summed E-state index contributed by atoms with van der Waals surface area (Å²) in [6.07, 6.45) is 1.48. The summed E-state index contributed by atoms with van der Waals surface area (Å²) >= 11 is 0. The van der Waals surface area contributed by atoms with Crippen LogP contribution >= 0.6 is 0 Å². The number of carbonyl (C=O) groups excluding carboxylic acids is 1. The van der Waals surface area contributed by atoms with Gasteiger partial charge in [0, 0.05) is 18.8 Å². The summed E-state index contributed by atoms with van der Waals surface area (Å²) in [5.74, 6) is 0. The third kappa shape index (κ3) is 4.19. The largest absolute Gasteiger partial charge is 0.389 e. The number of rotatable bonds is 3. The molecule has 1 atom stereocenters. The minimum absolute atomic E-state index is 0.0905. The third-order valence-corrected chi connectivity index (χ3v) is 4.18. The van der Waals surface area contributed by atoms with Gasteiger partial charge in [0.25, 0.3) is 0 Å². The highest BCUT2D eigenvalue weighted by atomic mass is 16.3. The first-order chi connectivity index (χ1) is 9.97. The molecule has 1 heterocycles. The van der Waals surface area contributed by atoms with Crippen LogP contribution in [-0.4, -0.2) is 54.2 Å². The number of anilines is 1. The van der Waals surface area contributed by atoms with E-state index in [9.17, 15) is 9.90 Å². The second-order valence-electron chi connectivity index (χ2n) is 5.88. The summed E-state index contributed by atoms with van der Waals surface area (Å²) < 4.78 is 0. The molecule has 2 N–H and O–H groups in total. The van der Waals surface area contributed by atoms with Crippen molar-refractivity contribution in [2.24, 2.45) is 0 Å². The van der Waals surface area contributed by atoms with Crippen LogP contribution in [0.5, 0.6) is 0 Å². The Morgan fingerprint density at radius 1 is 1.43 bits per heavy atom. The topological polar surface area (TPSA) is 55.8 Å². The van der Waals surface area contributed by atoms with Crippen LogP contribution in [-0.2, 0) is 0 Å². The van der Waals surface area contributed by atoms with E-state index in [0.29, 0.717) is 6.04 Å². The van der Waals surface area contributed by atoms with E-state index in [2.05, 4.69) is 17.3 Å². The van der Waals surface area contributed by atoms with E-state index in [4.69, 9.17) is 0 Å². The first-order valence-corrected chi connectivity index (χ1v) is 7.47. The van der Waals surface area contributed by atoms with Crippen molar-refractivity contribution in [1.29, 1.82) is 0 Å². The van der Waals surface area contributed by atoms with Gasteiger partial charge in [0.1, 0.15) is 0 Å². The number of aliphatic hydroxyl groups is 1. The fraction of sp³-hybridized carbons (Fsp3) is 0.562. The van der Waals surface area contributed by atoms with Crippen LogP contribution in [0.25, 0.3) is 0 Å². The van der Waals surface area contributed by atoms with Crippen molar-refractivity contribution in [2.45, 2.75) is 31.9 Å². The number of amides is 2. The molecule has 1 aliphatic rings. The molecule has 1 aromatic rings. The molecule has 0 bridgehead atoms. The standard InChI is InChI=1S/C16H25N3O2/c1-12(20)13-5-4-6-14(11-13)17-16(21)19(3)15-7-9-18(2)10-8-15/h4-6,11-12,15,20H,7-10H2,1-3H3,(H,17,21). The Morgan fingerprint density at radius 2 is 2.10 bits per heavy atom. The van der Waals surface area contributed by atoms with Gasteiger partial charge in [-0.05, 0) is 57.6 Å². The highest BCUT2D eigenvalue weighted by Gasteiger charge is 2.23. The Balaban J connectivity index is 1.96. The average molecular weight is 291 g/mol. The zero-order valence-electron chi connectivity index (χ0n) is 13.0. The lowest BCUT2D eigenvalue weighted by Gasteiger charge is -2.35. The van der Waals surface area contributed by atoms with Crippen molar-refractivity contribution in [3.8, 4) is 0 Å². The maximum Gasteiger partial charge on any atom is 0.321 e. The van der Waals surface area contributed by atoms with E-state index in [1.807, 2.05) is 31.3 Å². The lowest BCUT2D eigenvalue weighted by molar-refractivity contribution is 0.156. The predicted octanol–water partition coefficient (Wildman–Crippen LogP) is 2.30. The van der Waals surface area contributed by atoms with Crippen molar-refractivity contribution in [1.82, 2.24) is 9.80 Å². The number of piperidine rings is 1. The molecule has 2 rings (SSSR count). The van der Waals surface area contributed by atoms with Gasteiger partial charge in [-0.15, -0.1) is 0 Å². The van der Waals surface area contributed by atoms with Gasteiger partial charge in [-0.3, -0.25) is 0 Å². The van der Waals surface area contributed by atoms with E-state index in [-0.39, 0.29) is 6.03 Å². The third-order valence-electron chi connectivity index (χ3n) is 4.18. The molecule has 1 saturated heterocycles. The van der Waals surface area contributed by atoms with Gasteiger partial charge in [-0.1, -0.05) is 12.1 Å². The molecule has 2 amide bonds. The molecule has 116 valence electrons. The van der Waals surface area contributed by atoms with E-state index in [0.717, 1.165) is 37.2 Å². The smallest absolute Gasteiger partial charge is 0.321 e. The Morgan fingerprint density at radius 3 is 2.71 bits per heavy atom. The van der Waals surface area contributed by atoms with Crippen LogP contribution in [0, 0.1) is 0 Å². The zero-order chi connectivity index (χ0) is 15.4. The summed E-state index contributed by atoms with van der Waals surface area (Å²) in [6.45, 7) is 3.77. The molecule has 1 aromatic carbocycles. The normalized spacial score (nSPS) is 18.3. The number of aliphatic hydroxyl groups excluding tert-OH is 1. The highest BCUT2D eigenvalue weighted by Crippen LogP contribution is 2.19. The maximum atomic E-state index is 12.3. The van der Waals surface area contributed by atoms with Crippen LogP contribution in [0.2, 0.25) is 0 Å². The summed E-state index contributed by atoms with van der Waals surface area (Å²) in [5.41, 5.74) is 1.52. The van der Waals surface area contributed by atoms with Crippen LogP contribution in [0.1, 0.15) is 31.4 Å². The minimum atomic E-state index is -0.534. The van der Waals surface area contributed by atoms with Crippen LogP contribution in [0.15, 0.2) is 24.3 Å². The van der Waals surface area contributed by atoms with Gasteiger partial charge in [0.15, 0.2) is 0 Å². The van der Waals surface area contributed by atoms with E-state index in [1.165, 1.54) is 0 Å². The Hall–Kier alpha value is -1.59. The summed E-state index contributed by atoms with van der Waals surface area (Å²) in [4.78, 5) is 16.4. The predicted molar refractivity (Wildman–Crippen MR) is 84.4 cm³/mol. The molecule has 1 aliphatic heterocycles. The van der Waals surface area contributed by atoms with Gasteiger partial charge in [0.05, 0.1) is 6.10 Å². The lowest BCUT2D eigenvalue weighted by atomic mass is 10.0. The van der Waals surface area contributed by atoms with E-state index in [1.54, 1.807) is 11.8 Å². The van der Waals surface area contributed by atoms with Crippen molar-refractivity contribution < 1.29 is 9.90 Å². The molecular formula is C16H25N3O2. The number of nitrogens with one attached hydrogen (secondary N) is 1. The highest BCUT2D eigenvalue weighted by molar-refractivity contribution is 5.89. The molecule has 0 radical (unpaired) electrons. The SMILES string of the molecule is CC(O)c1cccc(NC(=O)N(C)C2CCN(C)CC2)c1. The number of hydrogen-bond donors (Lipinski definition) is 2. The van der Waals surface area contributed by atoms with E-state index < -0.39 is 6.10 Å². The number of carbonyl (C=O) groups is 1. The van der Waals surface area contributed by atoms with Crippen LogP contribution in [0.4, 0.5) is 10.5 Å². The molecule has 0 aliphatic carbocycles. The quantitative estimate of drug-likeness (QED) is 0.898. The number of urea groups is 1. The number of nitrogens with zero attached hydrogens (tertiary/aromatic N) is 2. The summed E-state index contributed by atoms with van der Waals surface area (Å²) in [7, 11) is 3.96. The maximum absolute atomic E-state index is 12.3. The fourth-order valence-electron chi connectivity index (χ4n) is 2.64. The lowest BCUT2D eigenvalue weighted by Crippen LogP contribution is -2.46. The molecule has 1 fully saturated rings. The van der Waals surface area contributed by atoms with Gasteiger partial charge < -0.3 is 20.2 Å². The first kappa shape index (κ1) is 15.8. The molecule has 5 heteroatoms. The van der Waals surface area contributed by atoms with Crippen LogP contribution in [0.3, 0.4) is 0 Å². The minimum Gasteiger partial charge on any atom is -0.389 e. The van der Waals surface area contributed by atoms with Crippen molar-refractivity contribution in [2.75, 3.05) is 32.5 Å². The number of benzene rings is 1. The molecule has 0 spiro atoms. The van der Waals surface area contributed by atoms with Crippen molar-refractivity contribution >= 4 is 11.7 Å². The van der Waals surface area contributed by atoms with Crippen molar-refractivity contribution in [3.05, 3.63) is 29.8 Å². The van der Waals surface area contributed by atoms with E-state index >= 15 is 0 Å². The molecule has 1 unspecified atom stereocenters. The van der Waals surface area contributed by atoms with Crippen LogP contribution < -0.4 is 5.32 Å². The first-order valence-electron chi connectivity index (χ1n) is 7.47. The monoisotopic (exact) mass is 291 g/mol. The van der Waals surface area contributed by atoms with Gasteiger partial charge in [0.2, 0.25) is 0 Å². The Kier molecular flexibility index (Phi) is 5.20. The molecule has 0 aromatic heterocycles. The Bertz CT molecular complexity index is 482. The Labute approximate surface area is 126 Å². The molecular weight excluding hydrogens is 266 g/mol. The zero-order valence-corrected chi connectivity index (χ0v) is 13.0. The van der Waals surface area contributed by atoms with Crippen molar-refractivity contribution in [3.63, 3.8) is 0 Å². The molecule has 0 saturated carbocycles. The second-order valence-corrected chi connectivity index (χ2v) is 5.88. The van der Waals surface area contributed by atoms with Gasteiger partial charge >= 0.3 is 6.03 Å². The second kappa shape index (κ2) is 6.91. The summed E-state index contributed by atoms with van der Waals surface area (Å²) in [6, 6.07) is 7.54. The van der Waals surface area contributed by atoms with Gasteiger partial charge in [-0.2, -0.15) is 0 Å². The fourth-order valence-corrected chi connectivity index (χ4v) is 2.64. The molecule has 5 nitrogen and oxygen atoms in total. The summed E-state index contributed by atoms with van der Waals surface area (Å²) in [5, 5.41) is 12.5. The average Bonchev–Trinajstić information content (AvgIpc) is 2.47.